The molecule has 2 heterocycles. The highest BCUT2D eigenvalue weighted by Crippen LogP contribution is 2.33. The van der Waals surface area contributed by atoms with Crippen LogP contribution in [0.15, 0.2) is 18.2 Å². The Kier molecular flexibility index (Phi) is 4.42. The molecule has 0 aromatic heterocycles. The summed E-state index contributed by atoms with van der Waals surface area (Å²) < 4.78 is 5.33. The highest BCUT2D eigenvalue weighted by atomic mass is 16.5. The second kappa shape index (κ2) is 6.51. The van der Waals surface area contributed by atoms with Gasteiger partial charge < -0.3 is 14.7 Å². The quantitative estimate of drug-likeness (QED) is 0.903. The molecule has 2 aliphatic heterocycles. The van der Waals surface area contributed by atoms with Gasteiger partial charge >= 0.3 is 5.97 Å². The van der Waals surface area contributed by atoms with Gasteiger partial charge in [0.2, 0.25) is 0 Å². The molecule has 0 atom stereocenters. The van der Waals surface area contributed by atoms with Gasteiger partial charge in [-0.3, -0.25) is 19.3 Å². The lowest BCUT2D eigenvalue weighted by atomic mass is 9.98. The minimum absolute atomic E-state index is 0.0991. The monoisotopic (exact) mass is 332 g/mol. The Morgan fingerprint density at radius 2 is 2.00 bits per heavy atom. The Morgan fingerprint density at radius 1 is 1.29 bits per heavy atom. The van der Waals surface area contributed by atoms with Crippen molar-refractivity contribution in [3.05, 3.63) is 23.8 Å². The number of hydrogen-bond acceptors (Lipinski definition) is 4. The standard InChI is InChI=1S/C17H20N2O5/c1-11-4-6-18(7-5-11)17(23)12-2-3-14-13(8-12)19(9-16(21)22)15(20)10-24-14/h2-3,8,11H,4-7,9-10H2,1H3,(H,21,22). The Bertz CT molecular complexity index is 680. The van der Waals surface area contributed by atoms with Crippen LogP contribution < -0.4 is 9.64 Å². The van der Waals surface area contributed by atoms with Crippen LogP contribution in [0.3, 0.4) is 0 Å². The normalized spacial score (nSPS) is 18.1. The van der Waals surface area contributed by atoms with Crippen molar-refractivity contribution >= 4 is 23.5 Å². The average molecular weight is 332 g/mol. The number of nitrogens with zero attached hydrogens (tertiary/aromatic N) is 2. The molecule has 1 saturated heterocycles. The van der Waals surface area contributed by atoms with Crippen molar-refractivity contribution in [1.82, 2.24) is 4.90 Å². The number of anilines is 1. The molecule has 7 nitrogen and oxygen atoms in total. The highest BCUT2D eigenvalue weighted by molar-refractivity contribution is 6.03. The van der Waals surface area contributed by atoms with Gasteiger partial charge in [0.1, 0.15) is 12.3 Å². The molecule has 3 rings (SSSR count). The van der Waals surface area contributed by atoms with Crippen LogP contribution in [0.25, 0.3) is 0 Å². The fourth-order valence-electron chi connectivity index (χ4n) is 3.04. The number of carboxylic acids is 1. The number of carbonyl (C=O) groups excluding carboxylic acids is 2. The molecule has 0 saturated carbocycles. The van der Waals surface area contributed by atoms with E-state index in [-0.39, 0.29) is 12.5 Å². The predicted octanol–water partition coefficient (Wildman–Crippen LogP) is 1.37. The van der Waals surface area contributed by atoms with E-state index in [0.29, 0.717) is 36.0 Å². The molecule has 2 aliphatic rings. The number of rotatable bonds is 3. The average Bonchev–Trinajstić information content (AvgIpc) is 2.57. The summed E-state index contributed by atoms with van der Waals surface area (Å²) in [6.45, 7) is 2.95. The molecule has 1 aromatic carbocycles. The van der Waals surface area contributed by atoms with E-state index in [1.807, 2.05) is 0 Å². The topological polar surface area (TPSA) is 87.2 Å². The van der Waals surface area contributed by atoms with Gasteiger partial charge in [0.05, 0.1) is 5.69 Å². The lowest BCUT2D eigenvalue weighted by Gasteiger charge is -2.31. The molecule has 0 radical (unpaired) electrons. The van der Waals surface area contributed by atoms with Crippen molar-refractivity contribution < 1.29 is 24.2 Å². The van der Waals surface area contributed by atoms with E-state index in [2.05, 4.69) is 6.92 Å². The largest absolute Gasteiger partial charge is 0.482 e. The summed E-state index contributed by atoms with van der Waals surface area (Å²) in [7, 11) is 0. The van der Waals surface area contributed by atoms with Gasteiger partial charge in [0, 0.05) is 18.7 Å². The Labute approximate surface area is 139 Å². The van der Waals surface area contributed by atoms with Crippen LogP contribution in [0.2, 0.25) is 0 Å². The summed E-state index contributed by atoms with van der Waals surface area (Å²) in [5, 5.41) is 9.01. The number of carbonyl (C=O) groups is 3. The molecule has 7 heteroatoms. The first-order chi connectivity index (χ1) is 11.5. The third-order valence-electron chi connectivity index (χ3n) is 4.51. The summed E-state index contributed by atoms with van der Waals surface area (Å²) in [4.78, 5) is 38.6. The first-order valence-electron chi connectivity index (χ1n) is 8.04. The lowest BCUT2D eigenvalue weighted by molar-refractivity contribution is -0.137. The molecule has 0 aliphatic carbocycles. The minimum atomic E-state index is -1.11. The summed E-state index contributed by atoms with van der Waals surface area (Å²) in [6.07, 6.45) is 1.95. The number of ether oxygens (including phenoxy) is 1. The van der Waals surface area contributed by atoms with Crippen LogP contribution >= 0.6 is 0 Å². The SMILES string of the molecule is CC1CCN(C(=O)c2ccc3c(c2)N(CC(=O)O)C(=O)CO3)CC1. The number of carboxylic acid groups (broad SMARTS) is 1. The van der Waals surface area contributed by atoms with Crippen molar-refractivity contribution in [3.8, 4) is 5.75 Å². The van der Waals surface area contributed by atoms with E-state index >= 15 is 0 Å². The van der Waals surface area contributed by atoms with Gasteiger partial charge in [-0.05, 0) is 37.0 Å². The molecule has 0 spiro atoms. The molecule has 128 valence electrons. The Hall–Kier alpha value is -2.57. The van der Waals surface area contributed by atoms with Crippen LogP contribution in [-0.2, 0) is 9.59 Å². The molecule has 0 bridgehead atoms. The maximum Gasteiger partial charge on any atom is 0.323 e. The van der Waals surface area contributed by atoms with Gasteiger partial charge in [-0.2, -0.15) is 0 Å². The molecule has 1 aromatic rings. The summed E-state index contributed by atoms with van der Waals surface area (Å²) in [6, 6.07) is 4.83. The molecule has 1 fully saturated rings. The van der Waals surface area contributed by atoms with Gasteiger partial charge in [-0.25, -0.2) is 0 Å². The van der Waals surface area contributed by atoms with E-state index in [4.69, 9.17) is 9.84 Å². The fraction of sp³-hybridized carbons (Fsp3) is 0.471. The van der Waals surface area contributed by atoms with Crippen molar-refractivity contribution in [1.29, 1.82) is 0 Å². The van der Waals surface area contributed by atoms with Crippen LogP contribution in [0, 0.1) is 5.92 Å². The summed E-state index contributed by atoms with van der Waals surface area (Å²) in [5.41, 5.74) is 0.780. The summed E-state index contributed by atoms with van der Waals surface area (Å²) >= 11 is 0. The highest BCUT2D eigenvalue weighted by Gasteiger charge is 2.29. The zero-order valence-corrected chi connectivity index (χ0v) is 13.5. The van der Waals surface area contributed by atoms with E-state index in [1.165, 1.54) is 0 Å². The van der Waals surface area contributed by atoms with Gasteiger partial charge in [-0.1, -0.05) is 6.92 Å². The second-order valence-electron chi connectivity index (χ2n) is 6.32. The zero-order chi connectivity index (χ0) is 17.3. The molecule has 0 unspecified atom stereocenters. The van der Waals surface area contributed by atoms with Crippen LogP contribution in [0.4, 0.5) is 5.69 Å². The maximum atomic E-state index is 12.7. The minimum Gasteiger partial charge on any atom is -0.482 e. The van der Waals surface area contributed by atoms with Crippen molar-refractivity contribution in [2.24, 2.45) is 5.92 Å². The van der Waals surface area contributed by atoms with Crippen molar-refractivity contribution in [2.75, 3.05) is 31.1 Å². The third kappa shape index (κ3) is 3.20. The molecule has 24 heavy (non-hydrogen) atoms. The van der Waals surface area contributed by atoms with E-state index in [9.17, 15) is 14.4 Å². The first-order valence-corrected chi connectivity index (χ1v) is 8.04. The smallest absolute Gasteiger partial charge is 0.323 e. The zero-order valence-electron chi connectivity index (χ0n) is 13.5. The lowest BCUT2D eigenvalue weighted by Crippen LogP contribution is -2.42. The third-order valence-corrected chi connectivity index (χ3v) is 4.51. The molecular weight excluding hydrogens is 312 g/mol. The Morgan fingerprint density at radius 3 is 2.67 bits per heavy atom. The van der Waals surface area contributed by atoms with Crippen molar-refractivity contribution in [2.45, 2.75) is 19.8 Å². The summed E-state index contributed by atoms with van der Waals surface area (Å²) in [5.74, 6) is -0.605. The predicted molar refractivity (Wildman–Crippen MR) is 86.2 cm³/mol. The van der Waals surface area contributed by atoms with Crippen LogP contribution in [-0.4, -0.2) is 54.0 Å². The first kappa shape index (κ1) is 16.3. The van der Waals surface area contributed by atoms with Gasteiger partial charge in [0.25, 0.3) is 11.8 Å². The number of likely N-dealkylation sites (tertiary alicyclic amines) is 1. The fourth-order valence-corrected chi connectivity index (χ4v) is 3.04. The molecular formula is C17H20N2O5. The van der Waals surface area contributed by atoms with Gasteiger partial charge in [0.15, 0.2) is 6.61 Å². The maximum absolute atomic E-state index is 12.7. The number of hydrogen-bond donors (Lipinski definition) is 1. The van der Waals surface area contributed by atoms with E-state index < -0.39 is 18.4 Å². The number of amides is 2. The number of fused-ring (bicyclic) bond motifs is 1. The number of piperidine rings is 1. The van der Waals surface area contributed by atoms with Crippen LogP contribution in [0.1, 0.15) is 30.1 Å². The van der Waals surface area contributed by atoms with E-state index in [1.54, 1.807) is 23.1 Å². The van der Waals surface area contributed by atoms with Gasteiger partial charge in [-0.15, -0.1) is 0 Å². The van der Waals surface area contributed by atoms with Crippen molar-refractivity contribution in [3.63, 3.8) is 0 Å². The van der Waals surface area contributed by atoms with E-state index in [0.717, 1.165) is 17.7 Å². The number of aliphatic carboxylic acids is 1. The van der Waals surface area contributed by atoms with Crippen LogP contribution in [0.5, 0.6) is 5.75 Å². The molecule has 1 N–H and O–H groups in total. The molecule has 2 amide bonds. The Balaban J connectivity index is 1.86. The second-order valence-corrected chi connectivity index (χ2v) is 6.32. The number of benzene rings is 1.